The molecule has 0 spiro atoms. The molecule has 0 aromatic heterocycles. The van der Waals surface area contributed by atoms with Crippen molar-refractivity contribution in [3.8, 4) is 11.5 Å². The third-order valence-corrected chi connectivity index (χ3v) is 4.01. The number of methoxy groups -OCH3 is 1. The Bertz CT molecular complexity index is 801. The van der Waals surface area contributed by atoms with E-state index in [1.54, 1.807) is 7.11 Å². The molecule has 0 amide bonds. The molecule has 5 heteroatoms. The molecule has 0 bridgehead atoms. The maximum atomic E-state index is 11.5. The average molecular weight is 344 g/mol. The van der Waals surface area contributed by atoms with E-state index >= 15 is 0 Å². The fraction of sp³-hybridized carbons (Fsp3) is 0.211. The van der Waals surface area contributed by atoms with Crippen molar-refractivity contribution in [3.63, 3.8) is 0 Å². The molecule has 0 fully saturated rings. The third kappa shape index (κ3) is 3.54. The van der Waals surface area contributed by atoms with E-state index in [0.717, 1.165) is 29.2 Å². The van der Waals surface area contributed by atoms with Gasteiger partial charge in [-0.1, -0.05) is 23.7 Å². The van der Waals surface area contributed by atoms with Gasteiger partial charge in [0, 0.05) is 23.7 Å². The Morgan fingerprint density at radius 1 is 1.29 bits per heavy atom. The van der Waals surface area contributed by atoms with Crippen LogP contribution in [0.25, 0.3) is 0 Å². The van der Waals surface area contributed by atoms with Gasteiger partial charge in [-0.05, 0) is 43.2 Å². The van der Waals surface area contributed by atoms with Crippen LogP contribution in [0.5, 0.6) is 11.5 Å². The normalized spacial score (nSPS) is 14.5. The fourth-order valence-corrected chi connectivity index (χ4v) is 2.87. The molecule has 2 aromatic rings. The SMILES string of the molecule is COc1ccc2c(c1)N(CCc1cccc(Cl)c1)/C(=C/C(C)=O)O2. The zero-order valence-corrected chi connectivity index (χ0v) is 14.3. The molecule has 1 aliphatic rings. The number of anilines is 1. The van der Waals surface area contributed by atoms with Crippen molar-refractivity contribution in [3.05, 3.63) is 65.0 Å². The van der Waals surface area contributed by atoms with Gasteiger partial charge < -0.3 is 14.4 Å². The number of allylic oxidation sites excluding steroid dienone is 1. The van der Waals surface area contributed by atoms with E-state index in [-0.39, 0.29) is 5.78 Å². The van der Waals surface area contributed by atoms with Gasteiger partial charge in [0.05, 0.1) is 12.8 Å². The second-order valence-corrected chi connectivity index (χ2v) is 6.00. The molecule has 0 unspecified atom stereocenters. The largest absolute Gasteiger partial charge is 0.497 e. The van der Waals surface area contributed by atoms with Gasteiger partial charge in [-0.25, -0.2) is 0 Å². The summed E-state index contributed by atoms with van der Waals surface area (Å²) in [6.07, 6.45) is 2.28. The number of carbonyl (C=O) groups excluding carboxylic acids is 1. The summed E-state index contributed by atoms with van der Waals surface area (Å²) in [7, 11) is 1.63. The summed E-state index contributed by atoms with van der Waals surface area (Å²) in [5.41, 5.74) is 2.02. The summed E-state index contributed by atoms with van der Waals surface area (Å²) in [6.45, 7) is 2.18. The number of fused-ring (bicyclic) bond motifs is 1. The van der Waals surface area contributed by atoms with Crippen molar-refractivity contribution in [2.45, 2.75) is 13.3 Å². The molecule has 1 aliphatic heterocycles. The third-order valence-electron chi connectivity index (χ3n) is 3.78. The number of hydrogen-bond donors (Lipinski definition) is 0. The van der Waals surface area contributed by atoms with Gasteiger partial charge in [0.2, 0.25) is 5.88 Å². The molecule has 1 heterocycles. The lowest BCUT2D eigenvalue weighted by atomic mass is 10.1. The van der Waals surface area contributed by atoms with Crippen molar-refractivity contribution in [1.29, 1.82) is 0 Å². The Morgan fingerprint density at radius 2 is 2.12 bits per heavy atom. The lowest BCUT2D eigenvalue weighted by Crippen LogP contribution is -2.23. The van der Waals surface area contributed by atoms with E-state index in [9.17, 15) is 4.79 Å². The van der Waals surface area contributed by atoms with E-state index < -0.39 is 0 Å². The van der Waals surface area contributed by atoms with Crippen LogP contribution in [-0.2, 0) is 11.2 Å². The molecule has 0 saturated carbocycles. The number of nitrogens with zero attached hydrogens (tertiary/aromatic N) is 1. The summed E-state index contributed by atoms with van der Waals surface area (Å²) >= 11 is 6.05. The molecule has 0 atom stereocenters. The number of halogens is 1. The van der Waals surface area contributed by atoms with Crippen molar-refractivity contribution in [1.82, 2.24) is 0 Å². The highest BCUT2D eigenvalue weighted by Gasteiger charge is 2.27. The van der Waals surface area contributed by atoms with Crippen molar-refractivity contribution in [2.24, 2.45) is 0 Å². The van der Waals surface area contributed by atoms with E-state index in [0.29, 0.717) is 17.5 Å². The van der Waals surface area contributed by atoms with Crippen LogP contribution < -0.4 is 14.4 Å². The summed E-state index contributed by atoms with van der Waals surface area (Å²) < 4.78 is 11.1. The Labute approximate surface area is 146 Å². The average Bonchev–Trinajstić information content (AvgIpc) is 2.88. The maximum absolute atomic E-state index is 11.5. The van der Waals surface area contributed by atoms with Gasteiger partial charge in [-0.15, -0.1) is 0 Å². The number of benzene rings is 2. The first kappa shape index (κ1) is 16.4. The molecule has 0 N–H and O–H groups in total. The highest BCUT2D eigenvalue weighted by molar-refractivity contribution is 6.30. The van der Waals surface area contributed by atoms with Crippen LogP contribution in [-0.4, -0.2) is 19.4 Å². The number of hydrogen-bond acceptors (Lipinski definition) is 4. The van der Waals surface area contributed by atoms with E-state index in [4.69, 9.17) is 21.1 Å². The van der Waals surface area contributed by atoms with Crippen LogP contribution in [0, 0.1) is 0 Å². The maximum Gasteiger partial charge on any atom is 0.204 e. The molecule has 124 valence electrons. The molecule has 24 heavy (non-hydrogen) atoms. The molecule has 4 nitrogen and oxygen atoms in total. The van der Waals surface area contributed by atoms with E-state index in [2.05, 4.69) is 0 Å². The standard InChI is InChI=1S/C19H18ClNO3/c1-13(22)10-19-21(9-8-14-4-3-5-15(20)11-14)17-12-16(23-2)6-7-18(17)24-19/h3-7,10-12H,8-9H2,1-2H3/b19-10-. The smallest absolute Gasteiger partial charge is 0.204 e. The second-order valence-electron chi connectivity index (χ2n) is 5.56. The minimum atomic E-state index is -0.0578. The Morgan fingerprint density at radius 3 is 2.83 bits per heavy atom. The van der Waals surface area contributed by atoms with Gasteiger partial charge in [0.15, 0.2) is 11.5 Å². The first-order valence-corrected chi connectivity index (χ1v) is 8.05. The number of ketones is 1. The Hall–Kier alpha value is -2.46. The van der Waals surface area contributed by atoms with Crippen molar-refractivity contribution < 1.29 is 14.3 Å². The first-order chi connectivity index (χ1) is 11.6. The molecule has 0 aliphatic carbocycles. The second kappa shape index (κ2) is 6.97. The van der Waals surface area contributed by atoms with Gasteiger partial charge >= 0.3 is 0 Å². The lowest BCUT2D eigenvalue weighted by molar-refractivity contribution is -0.112. The lowest BCUT2D eigenvalue weighted by Gasteiger charge is -2.18. The zero-order valence-electron chi connectivity index (χ0n) is 13.6. The van der Waals surface area contributed by atoms with Crippen LogP contribution in [0.15, 0.2) is 54.4 Å². The molecule has 3 rings (SSSR count). The molecular formula is C19H18ClNO3. The minimum absolute atomic E-state index is 0.0578. The molecule has 2 aromatic carbocycles. The van der Waals surface area contributed by atoms with Crippen molar-refractivity contribution in [2.75, 3.05) is 18.6 Å². The molecular weight excluding hydrogens is 326 g/mol. The van der Waals surface area contributed by atoms with Gasteiger partial charge in [0.25, 0.3) is 0 Å². The quantitative estimate of drug-likeness (QED) is 0.762. The van der Waals surface area contributed by atoms with E-state index in [1.165, 1.54) is 13.0 Å². The van der Waals surface area contributed by atoms with E-state index in [1.807, 2.05) is 47.4 Å². The zero-order chi connectivity index (χ0) is 17.1. The fourth-order valence-electron chi connectivity index (χ4n) is 2.65. The monoisotopic (exact) mass is 343 g/mol. The highest BCUT2D eigenvalue weighted by atomic mass is 35.5. The Kier molecular flexibility index (Phi) is 4.76. The molecule has 0 radical (unpaired) electrons. The topological polar surface area (TPSA) is 38.8 Å². The first-order valence-electron chi connectivity index (χ1n) is 7.67. The van der Waals surface area contributed by atoms with Crippen LogP contribution in [0.4, 0.5) is 5.69 Å². The summed E-state index contributed by atoms with van der Waals surface area (Å²) in [5, 5.41) is 0.715. The van der Waals surface area contributed by atoms with Crippen LogP contribution in [0.3, 0.4) is 0 Å². The number of carbonyl (C=O) groups is 1. The summed E-state index contributed by atoms with van der Waals surface area (Å²) in [6, 6.07) is 13.4. The van der Waals surface area contributed by atoms with Gasteiger partial charge in [-0.3, -0.25) is 4.79 Å². The highest BCUT2D eigenvalue weighted by Crippen LogP contribution is 2.41. The predicted octanol–water partition coefficient (Wildman–Crippen LogP) is 4.22. The van der Waals surface area contributed by atoms with Gasteiger partial charge in [0.1, 0.15) is 5.75 Å². The number of rotatable bonds is 5. The summed E-state index contributed by atoms with van der Waals surface area (Å²) in [5.74, 6) is 1.94. The van der Waals surface area contributed by atoms with Crippen molar-refractivity contribution >= 4 is 23.1 Å². The summed E-state index contributed by atoms with van der Waals surface area (Å²) in [4.78, 5) is 13.5. The van der Waals surface area contributed by atoms with Gasteiger partial charge in [-0.2, -0.15) is 0 Å². The van der Waals surface area contributed by atoms with Crippen LogP contribution in [0.1, 0.15) is 12.5 Å². The van der Waals surface area contributed by atoms with Crippen LogP contribution in [0.2, 0.25) is 5.02 Å². The minimum Gasteiger partial charge on any atom is -0.497 e. The molecule has 0 saturated heterocycles. The Balaban J connectivity index is 1.88. The van der Waals surface area contributed by atoms with Crippen LogP contribution >= 0.6 is 11.6 Å². The number of ether oxygens (including phenoxy) is 2. The predicted molar refractivity (Wildman–Crippen MR) is 94.9 cm³/mol.